The van der Waals surface area contributed by atoms with Gasteiger partial charge in [-0.05, 0) is 42.8 Å². The molecule has 6 nitrogen and oxygen atoms in total. The molecular formula is C19H14ClN5OS. The van der Waals surface area contributed by atoms with E-state index in [9.17, 15) is 4.79 Å². The van der Waals surface area contributed by atoms with Gasteiger partial charge in [-0.3, -0.25) is 4.79 Å². The highest BCUT2D eigenvalue weighted by Crippen LogP contribution is 2.30. The van der Waals surface area contributed by atoms with Crippen LogP contribution in [0.4, 0.5) is 16.6 Å². The van der Waals surface area contributed by atoms with Gasteiger partial charge in [0.25, 0.3) is 5.91 Å². The summed E-state index contributed by atoms with van der Waals surface area (Å²) in [6.45, 7) is 1.90. The number of rotatable bonds is 4. The molecule has 8 heteroatoms. The van der Waals surface area contributed by atoms with E-state index in [0.717, 1.165) is 15.8 Å². The average Bonchev–Trinajstić information content (AvgIpc) is 3.07. The third-order valence-corrected chi connectivity index (χ3v) is 5.18. The lowest BCUT2D eigenvalue weighted by atomic mass is 10.1. The smallest absolute Gasteiger partial charge is 0.255 e. The van der Waals surface area contributed by atoms with E-state index in [0.29, 0.717) is 27.2 Å². The van der Waals surface area contributed by atoms with E-state index in [1.165, 1.54) is 17.7 Å². The van der Waals surface area contributed by atoms with Gasteiger partial charge < -0.3 is 10.6 Å². The van der Waals surface area contributed by atoms with Crippen LogP contribution in [0.2, 0.25) is 5.02 Å². The molecule has 2 aromatic heterocycles. The second kappa shape index (κ2) is 7.30. The highest BCUT2D eigenvalue weighted by molar-refractivity contribution is 7.22. The molecule has 0 fully saturated rings. The molecule has 0 atom stereocenters. The molecule has 27 heavy (non-hydrogen) atoms. The van der Waals surface area contributed by atoms with Crippen LogP contribution in [0.25, 0.3) is 10.2 Å². The zero-order chi connectivity index (χ0) is 18.8. The van der Waals surface area contributed by atoms with Crippen LogP contribution in [0.3, 0.4) is 0 Å². The van der Waals surface area contributed by atoms with Crippen molar-refractivity contribution in [3.8, 4) is 0 Å². The first-order valence-corrected chi connectivity index (χ1v) is 9.30. The van der Waals surface area contributed by atoms with Crippen molar-refractivity contribution in [3.63, 3.8) is 0 Å². The number of aryl methyl sites for hydroxylation is 1. The number of aromatic nitrogens is 3. The zero-order valence-electron chi connectivity index (χ0n) is 14.2. The largest absolute Gasteiger partial charge is 0.320 e. The van der Waals surface area contributed by atoms with E-state index < -0.39 is 0 Å². The quantitative estimate of drug-likeness (QED) is 0.505. The fraction of sp³-hybridized carbons (Fsp3) is 0.0526. The monoisotopic (exact) mass is 395 g/mol. The summed E-state index contributed by atoms with van der Waals surface area (Å²) in [4.78, 5) is 25.2. The third-order valence-electron chi connectivity index (χ3n) is 3.93. The molecule has 0 bridgehead atoms. The summed E-state index contributed by atoms with van der Waals surface area (Å²) in [6, 6.07) is 12.7. The van der Waals surface area contributed by atoms with Crippen LogP contribution in [-0.2, 0) is 0 Å². The van der Waals surface area contributed by atoms with Crippen molar-refractivity contribution in [2.45, 2.75) is 6.92 Å². The first-order valence-electron chi connectivity index (χ1n) is 8.10. The number of hydrogen-bond acceptors (Lipinski definition) is 6. The number of anilines is 3. The van der Waals surface area contributed by atoms with Gasteiger partial charge in [0.2, 0.25) is 0 Å². The Morgan fingerprint density at radius 1 is 1.19 bits per heavy atom. The number of amides is 1. The molecule has 0 spiro atoms. The summed E-state index contributed by atoms with van der Waals surface area (Å²) in [5.74, 6) is 0.447. The predicted molar refractivity (Wildman–Crippen MR) is 109 cm³/mol. The van der Waals surface area contributed by atoms with Crippen molar-refractivity contribution in [2.24, 2.45) is 0 Å². The number of hydrogen-bond donors (Lipinski definition) is 2. The molecule has 4 rings (SSSR count). The Kier molecular flexibility index (Phi) is 4.70. The van der Waals surface area contributed by atoms with Gasteiger partial charge in [0.1, 0.15) is 12.1 Å². The number of halogens is 1. The summed E-state index contributed by atoms with van der Waals surface area (Å²) in [5, 5.41) is 7.23. The highest BCUT2D eigenvalue weighted by Gasteiger charge is 2.13. The minimum atomic E-state index is -0.216. The number of nitrogens with zero attached hydrogens (tertiary/aromatic N) is 3. The Bertz CT molecular complexity index is 1110. The number of carbonyl (C=O) groups excluding carboxylic acids is 1. The molecule has 2 heterocycles. The Hall–Kier alpha value is -3.03. The normalized spacial score (nSPS) is 10.7. The summed E-state index contributed by atoms with van der Waals surface area (Å²) in [5.41, 5.74) is 2.88. The molecular weight excluding hydrogens is 382 g/mol. The number of nitrogens with one attached hydrogen (secondary N) is 2. The summed E-state index contributed by atoms with van der Waals surface area (Å²) >= 11 is 7.64. The molecule has 0 aliphatic rings. The Morgan fingerprint density at radius 3 is 2.85 bits per heavy atom. The van der Waals surface area contributed by atoms with Crippen molar-refractivity contribution >= 4 is 55.7 Å². The van der Waals surface area contributed by atoms with Gasteiger partial charge >= 0.3 is 0 Å². The average molecular weight is 396 g/mol. The van der Waals surface area contributed by atoms with Crippen LogP contribution in [0, 0.1) is 6.92 Å². The van der Waals surface area contributed by atoms with Crippen LogP contribution in [0.5, 0.6) is 0 Å². The number of benzene rings is 2. The second-order valence-electron chi connectivity index (χ2n) is 5.81. The van der Waals surface area contributed by atoms with Crippen LogP contribution in [0.15, 0.2) is 55.0 Å². The summed E-state index contributed by atoms with van der Waals surface area (Å²) < 4.78 is 0.898. The van der Waals surface area contributed by atoms with Crippen molar-refractivity contribution in [1.82, 2.24) is 15.0 Å². The molecule has 134 valence electrons. The second-order valence-corrected chi connectivity index (χ2v) is 7.24. The number of para-hydroxylation sites is 1. The van der Waals surface area contributed by atoms with Crippen molar-refractivity contribution in [3.05, 3.63) is 71.1 Å². The zero-order valence-corrected chi connectivity index (χ0v) is 15.8. The van der Waals surface area contributed by atoms with Crippen molar-refractivity contribution in [2.75, 3.05) is 10.6 Å². The van der Waals surface area contributed by atoms with Gasteiger partial charge in [0, 0.05) is 11.8 Å². The highest BCUT2D eigenvalue weighted by atomic mass is 35.5. The predicted octanol–water partition coefficient (Wildman–Crippen LogP) is 5.04. The fourth-order valence-electron chi connectivity index (χ4n) is 2.57. The van der Waals surface area contributed by atoms with Crippen LogP contribution >= 0.6 is 22.9 Å². The third kappa shape index (κ3) is 3.74. The minimum absolute atomic E-state index is 0.216. The van der Waals surface area contributed by atoms with Crippen LogP contribution in [-0.4, -0.2) is 20.9 Å². The maximum Gasteiger partial charge on any atom is 0.255 e. The first-order chi connectivity index (χ1) is 13.1. The molecule has 2 N–H and O–H groups in total. The SMILES string of the molecule is Cc1cccc(Cl)c1NC(=O)c1ccc2nc(Nc3ccncn3)sc2c1. The standard InChI is InChI=1S/C19H14ClN5OS/c1-11-3-2-4-13(20)17(11)25-18(26)12-5-6-14-15(9-12)27-19(23-14)24-16-7-8-21-10-22-16/h2-10H,1H3,(H,25,26)(H,21,22,23,24). The molecule has 1 amide bonds. The molecule has 4 aromatic rings. The van der Waals surface area contributed by atoms with Gasteiger partial charge in [-0.2, -0.15) is 0 Å². The van der Waals surface area contributed by atoms with E-state index in [4.69, 9.17) is 11.6 Å². The lowest BCUT2D eigenvalue weighted by Crippen LogP contribution is -2.13. The maximum atomic E-state index is 12.6. The van der Waals surface area contributed by atoms with Crippen molar-refractivity contribution in [1.29, 1.82) is 0 Å². The van der Waals surface area contributed by atoms with Crippen LogP contribution in [0.1, 0.15) is 15.9 Å². The number of thiazole rings is 1. The van der Waals surface area contributed by atoms with E-state index in [1.54, 1.807) is 24.4 Å². The van der Waals surface area contributed by atoms with Crippen LogP contribution < -0.4 is 10.6 Å². The summed E-state index contributed by atoms with van der Waals surface area (Å²) in [6.07, 6.45) is 3.12. The van der Waals surface area contributed by atoms with Crippen molar-refractivity contribution < 1.29 is 4.79 Å². The molecule has 0 aliphatic carbocycles. The van der Waals surface area contributed by atoms with Gasteiger partial charge in [-0.1, -0.05) is 35.1 Å². The van der Waals surface area contributed by atoms with Gasteiger partial charge in [-0.15, -0.1) is 0 Å². The van der Waals surface area contributed by atoms with E-state index in [2.05, 4.69) is 25.6 Å². The molecule has 0 aliphatic heterocycles. The number of carbonyl (C=O) groups is 1. The molecule has 2 aromatic carbocycles. The lowest BCUT2D eigenvalue weighted by molar-refractivity contribution is 0.102. The summed E-state index contributed by atoms with van der Waals surface area (Å²) in [7, 11) is 0. The fourth-order valence-corrected chi connectivity index (χ4v) is 3.75. The number of fused-ring (bicyclic) bond motifs is 1. The van der Waals surface area contributed by atoms with Gasteiger partial charge in [-0.25, -0.2) is 15.0 Å². The van der Waals surface area contributed by atoms with Gasteiger partial charge in [0.15, 0.2) is 5.13 Å². The van der Waals surface area contributed by atoms with E-state index >= 15 is 0 Å². The Morgan fingerprint density at radius 2 is 2.07 bits per heavy atom. The minimum Gasteiger partial charge on any atom is -0.320 e. The maximum absolute atomic E-state index is 12.6. The molecule has 0 saturated carbocycles. The Balaban J connectivity index is 1.58. The first kappa shape index (κ1) is 17.4. The van der Waals surface area contributed by atoms with E-state index in [-0.39, 0.29) is 5.91 Å². The molecule has 0 radical (unpaired) electrons. The van der Waals surface area contributed by atoms with E-state index in [1.807, 2.05) is 31.2 Å². The topological polar surface area (TPSA) is 79.8 Å². The Labute approximate surface area is 164 Å². The molecule has 0 saturated heterocycles. The molecule has 0 unspecified atom stereocenters. The lowest BCUT2D eigenvalue weighted by Gasteiger charge is -2.10. The van der Waals surface area contributed by atoms with Gasteiger partial charge in [0.05, 0.1) is 20.9 Å².